The summed E-state index contributed by atoms with van der Waals surface area (Å²) in [6.45, 7) is 8.09. The molecule has 32 heavy (non-hydrogen) atoms. The van der Waals surface area contributed by atoms with E-state index in [1.54, 1.807) is 25.2 Å². The van der Waals surface area contributed by atoms with E-state index in [2.05, 4.69) is 24.1 Å². The summed E-state index contributed by atoms with van der Waals surface area (Å²) in [7, 11) is -1.96. The normalized spacial score (nSPS) is 19.9. The number of nitrogens with zero attached hydrogens (tertiary/aromatic N) is 2. The van der Waals surface area contributed by atoms with Crippen molar-refractivity contribution in [2.45, 2.75) is 69.4 Å². The zero-order valence-electron chi connectivity index (χ0n) is 19.8. The van der Waals surface area contributed by atoms with Crippen molar-refractivity contribution < 1.29 is 17.9 Å². The summed E-state index contributed by atoms with van der Waals surface area (Å²) in [5.41, 5.74) is 0.383. The first-order valence-corrected chi connectivity index (χ1v) is 13.4. The topological polar surface area (TPSA) is 79.0 Å². The van der Waals surface area contributed by atoms with Gasteiger partial charge in [0, 0.05) is 44.3 Å². The molecule has 1 atom stereocenters. The van der Waals surface area contributed by atoms with E-state index in [4.69, 9.17) is 4.74 Å². The molecule has 0 radical (unpaired) electrons. The number of hydrogen-bond donors (Lipinski definition) is 1. The summed E-state index contributed by atoms with van der Waals surface area (Å²) in [6.07, 6.45) is 6.08. The zero-order chi connectivity index (χ0) is 23.1. The van der Waals surface area contributed by atoms with E-state index in [-0.39, 0.29) is 22.9 Å². The van der Waals surface area contributed by atoms with Crippen molar-refractivity contribution in [2.75, 3.05) is 39.9 Å². The molecule has 1 N–H and O–H groups in total. The lowest BCUT2D eigenvalue weighted by atomic mass is 9.96. The fraction of sp³-hybridized carbons (Fsp3) is 0.708. The van der Waals surface area contributed by atoms with Crippen LogP contribution in [0.15, 0.2) is 29.2 Å². The van der Waals surface area contributed by atoms with Crippen LogP contribution in [0.5, 0.6) is 0 Å². The summed E-state index contributed by atoms with van der Waals surface area (Å²) >= 11 is 0. The molecule has 1 unspecified atom stereocenters. The van der Waals surface area contributed by atoms with Gasteiger partial charge in [0.05, 0.1) is 18.1 Å². The maximum Gasteiger partial charge on any atom is 0.251 e. The third-order valence-corrected chi connectivity index (χ3v) is 8.57. The smallest absolute Gasteiger partial charge is 0.251 e. The molecule has 7 nitrogen and oxygen atoms in total. The molecule has 1 saturated heterocycles. The molecule has 0 spiro atoms. The van der Waals surface area contributed by atoms with Gasteiger partial charge in [-0.05, 0) is 43.4 Å². The van der Waals surface area contributed by atoms with Gasteiger partial charge in [-0.15, -0.1) is 0 Å². The molecule has 8 heteroatoms. The number of morpholine rings is 1. The lowest BCUT2D eigenvalue weighted by molar-refractivity contribution is 0.0124. The van der Waals surface area contributed by atoms with Gasteiger partial charge >= 0.3 is 0 Å². The van der Waals surface area contributed by atoms with Crippen molar-refractivity contribution in [2.24, 2.45) is 5.92 Å². The fourth-order valence-corrected chi connectivity index (χ4v) is 6.23. The molecule has 1 heterocycles. The molecule has 1 aliphatic carbocycles. The van der Waals surface area contributed by atoms with Crippen LogP contribution in [0.25, 0.3) is 0 Å². The van der Waals surface area contributed by atoms with Crippen LogP contribution in [0, 0.1) is 5.92 Å². The summed E-state index contributed by atoms with van der Waals surface area (Å²) in [4.78, 5) is 15.5. The number of amides is 1. The Morgan fingerprint density at radius 1 is 1.19 bits per heavy atom. The molecule has 2 aliphatic rings. The minimum atomic E-state index is -3.63. The monoisotopic (exact) mass is 465 g/mol. The van der Waals surface area contributed by atoms with Crippen molar-refractivity contribution in [3.8, 4) is 0 Å². The maximum atomic E-state index is 13.2. The molecule has 1 aromatic rings. The lowest BCUT2D eigenvalue weighted by Crippen LogP contribution is -2.49. The summed E-state index contributed by atoms with van der Waals surface area (Å²) in [5.74, 6) is 0.285. The Bertz CT molecular complexity index is 847. The third-order valence-electron chi connectivity index (χ3n) is 6.67. The molecule has 1 saturated carbocycles. The van der Waals surface area contributed by atoms with Gasteiger partial charge < -0.3 is 10.1 Å². The third kappa shape index (κ3) is 6.53. The van der Waals surface area contributed by atoms with Crippen LogP contribution in [0.3, 0.4) is 0 Å². The van der Waals surface area contributed by atoms with Gasteiger partial charge in [-0.3, -0.25) is 9.69 Å². The quantitative estimate of drug-likeness (QED) is 0.606. The summed E-state index contributed by atoms with van der Waals surface area (Å²) < 4.78 is 33.3. The van der Waals surface area contributed by atoms with Crippen LogP contribution >= 0.6 is 0 Å². The molecule has 1 aromatic carbocycles. The van der Waals surface area contributed by atoms with Crippen LogP contribution in [0.2, 0.25) is 0 Å². The van der Waals surface area contributed by atoms with Gasteiger partial charge in [-0.25, -0.2) is 8.42 Å². The fourth-order valence-electron chi connectivity index (χ4n) is 4.77. The second-order valence-electron chi connectivity index (χ2n) is 9.48. The van der Waals surface area contributed by atoms with Crippen LogP contribution < -0.4 is 5.32 Å². The average Bonchev–Trinajstić information content (AvgIpc) is 2.82. The first kappa shape index (κ1) is 25.1. The van der Waals surface area contributed by atoms with Gasteiger partial charge in [-0.2, -0.15) is 4.31 Å². The predicted molar refractivity (Wildman–Crippen MR) is 126 cm³/mol. The minimum Gasteiger partial charge on any atom is -0.379 e. The highest BCUT2D eigenvalue weighted by molar-refractivity contribution is 7.89. The van der Waals surface area contributed by atoms with Crippen LogP contribution in [0.1, 0.15) is 62.7 Å². The van der Waals surface area contributed by atoms with E-state index in [9.17, 15) is 13.2 Å². The molecular formula is C24H39N3O4S. The van der Waals surface area contributed by atoms with E-state index < -0.39 is 10.0 Å². The standard InChI is InChI=1S/C24H39N3O4S/c1-19(2)16-22(27-12-14-31-15-13-27)18-25-24(28)20-8-7-11-23(17-20)32(29,30)26(3)21-9-5-4-6-10-21/h7-8,11,17,19,21-22H,4-6,9-10,12-16,18H2,1-3H3,(H,25,28). The number of rotatable bonds is 9. The molecule has 180 valence electrons. The molecule has 0 bridgehead atoms. The molecule has 1 amide bonds. The van der Waals surface area contributed by atoms with Crippen molar-refractivity contribution >= 4 is 15.9 Å². The van der Waals surface area contributed by atoms with Crippen molar-refractivity contribution in [3.05, 3.63) is 29.8 Å². The second kappa shape index (κ2) is 11.6. The highest BCUT2D eigenvalue weighted by atomic mass is 32.2. The Labute approximate surface area is 193 Å². The Morgan fingerprint density at radius 2 is 1.88 bits per heavy atom. The van der Waals surface area contributed by atoms with Crippen LogP contribution in [-0.2, 0) is 14.8 Å². The van der Waals surface area contributed by atoms with Gasteiger partial charge in [0.1, 0.15) is 0 Å². The molecule has 0 aromatic heterocycles. The molecular weight excluding hydrogens is 426 g/mol. The van der Waals surface area contributed by atoms with E-state index >= 15 is 0 Å². The number of nitrogens with one attached hydrogen (secondary N) is 1. The van der Waals surface area contributed by atoms with E-state index in [0.717, 1.165) is 58.4 Å². The van der Waals surface area contributed by atoms with Gasteiger partial charge in [-0.1, -0.05) is 39.2 Å². The van der Waals surface area contributed by atoms with Crippen molar-refractivity contribution in [1.29, 1.82) is 0 Å². The van der Waals surface area contributed by atoms with Crippen molar-refractivity contribution in [1.82, 2.24) is 14.5 Å². The van der Waals surface area contributed by atoms with E-state index in [0.29, 0.717) is 18.0 Å². The Hall–Kier alpha value is -1.48. The lowest BCUT2D eigenvalue weighted by Gasteiger charge is -2.35. The van der Waals surface area contributed by atoms with Gasteiger partial charge in [0.2, 0.25) is 10.0 Å². The molecule has 1 aliphatic heterocycles. The van der Waals surface area contributed by atoms with Crippen LogP contribution in [0.4, 0.5) is 0 Å². The number of sulfonamides is 1. The van der Waals surface area contributed by atoms with Crippen molar-refractivity contribution in [3.63, 3.8) is 0 Å². The first-order valence-electron chi connectivity index (χ1n) is 12.0. The number of carbonyl (C=O) groups is 1. The SMILES string of the molecule is CC(C)CC(CNC(=O)c1cccc(S(=O)(=O)N(C)C2CCCCC2)c1)N1CCOCC1. The predicted octanol–water partition coefficient (Wildman–Crippen LogP) is 3.12. The zero-order valence-corrected chi connectivity index (χ0v) is 20.6. The summed E-state index contributed by atoms with van der Waals surface area (Å²) in [6, 6.07) is 6.71. The van der Waals surface area contributed by atoms with Gasteiger partial charge in [0.15, 0.2) is 0 Å². The Morgan fingerprint density at radius 3 is 2.53 bits per heavy atom. The highest BCUT2D eigenvalue weighted by Gasteiger charge is 2.29. The number of hydrogen-bond acceptors (Lipinski definition) is 5. The van der Waals surface area contributed by atoms with Gasteiger partial charge in [0.25, 0.3) is 5.91 Å². The Kier molecular flexibility index (Phi) is 9.11. The highest BCUT2D eigenvalue weighted by Crippen LogP contribution is 2.26. The number of benzene rings is 1. The number of carbonyl (C=O) groups excluding carboxylic acids is 1. The van der Waals surface area contributed by atoms with Crippen LogP contribution in [-0.4, -0.2) is 75.5 Å². The largest absolute Gasteiger partial charge is 0.379 e. The van der Waals surface area contributed by atoms with E-state index in [1.165, 1.54) is 16.8 Å². The Balaban J connectivity index is 1.67. The minimum absolute atomic E-state index is 0.0385. The number of ether oxygens (including phenoxy) is 1. The average molecular weight is 466 g/mol. The van der Waals surface area contributed by atoms with E-state index in [1.807, 2.05) is 0 Å². The first-order chi connectivity index (χ1) is 15.3. The molecule has 3 rings (SSSR count). The second-order valence-corrected chi connectivity index (χ2v) is 11.5. The maximum absolute atomic E-state index is 13.2. The summed E-state index contributed by atoms with van der Waals surface area (Å²) in [5, 5.41) is 3.04. The molecule has 2 fully saturated rings.